The van der Waals surface area contributed by atoms with Gasteiger partial charge in [-0.2, -0.15) is 5.10 Å². The molecule has 0 unspecified atom stereocenters. The molecular weight excluding hydrogens is 292 g/mol. The first-order valence-corrected chi connectivity index (χ1v) is 8.68. The first-order valence-electron chi connectivity index (χ1n) is 8.68. The van der Waals surface area contributed by atoms with Crippen molar-refractivity contribution in [3.63, 3.8) is 0 Å². The van der Waals surface area contributed by atoms with Gasteiger partial charge in [-0.05, 0) is 33.3 Å². The Morgan fingerprint density at radius 3 is 2.74 bits per heavy atom. The highest BCUT2D eigenvalue weighted by molar-refractivity contribution is 5.09. The van der Waals surface area contributed by atoms with Crippen molar-refractivity contribution in [3.8, 4) is 0 Å². The summed E-state index contributed by atoms with van der Waals surface area (Å²) in [6, 6.07) is 2.08. The summed E-state index contributed by atoms with van der Waals surface area (Å²) in [6.45, 7) is 13.0. The smallest absolute Gasteiger partial charge is 0.0711 e. The Hall–Kier alpha value is -0.950. The third kappa shape index (κ3) is 4.12. The minimum Gasteiger partial charge on any atom is -0.391 e. The second-order valence-electron chi connectivity index (χ2n) is 7.68. The highest BCUT2D eigenvalue weighted by Gasteiger charge is 2.37. The predicted octanol–water partition coefficient (Wildman–Crippen LogP) is 0.664. The van der Waals surface area contributed by atoms with Crippen LogP contribution in [0, 0.1) is 12.8 Å². The van der Waals surface area contributed by atoms with Gasteiger partial charge in [0.05, 0.1) is 25.0 Å². The highest BCUT2D eigenvalue weighted by atomic mass is 16.5. The zero-order chi connectivity index (χ0) is 16.4. The maximum Gasteiger partial charge on any atom is 0.0711 e. The van der Waals surface area contributed by atoms with E-state index in [-0.39, 0.29) is 17.6 Å². The summed E-state index contributed by atoms with van der Waals surface area (Å²) < 4.78 is 5.46. The van der Waals surface area contributed by atoms with Crippen LogP contribution in [-0.4, -0.2) is 82.7 Å². The number of hydrogen-bond acceptors (Lipinski definition) is 5. The molecule has 0 radical (unpaired) electrons. The number of rotatable bonds is 5. The van der Waals surface area contributed by atoms with E-state index in [0.717, 1.165) is 63.7 Å². The van der Waals surface area contributed by atoms with Crippen LogP contribution < -0.4 is 0 Å². The van der Waals surface area contributed by atoms with Gasteiger partial charge in [0.1, 0.15) is 0 Å². The quantitative estimate of drug-likeness (QED) is 0.834. The lowest BCUT2D eigenvalue weighted by Crippen LogP contribution is -2.55. The molecule has 0 aliphatic carbocycles. The third-order valence-electron chi connectivity index (χ3n) is 5.19. The lowest BCUT2D eigenvalue weighted by Gasteiger charge is -2.42. The lowest BCUT2D eigenvalue weighted by atomic mass is 9.99. The maximum atomic E-state index is 10.4. The van der Waals surface area contributed by atoms with E-state index < -0.39 is 0 Å². The van der Waals surface area contributed by atoms with Gasteiger partial charge < -0.3 is 9.84 Å². The standard InChI is InChI=1S/C17H30N4O2/c1-13-8-15(19-18-13)9-14-10-20(11-16(14)22)12-17(2,3)21-4-6-23-7-5-21/h8,14,16,22H,4-7,9-12H2,1-3H3,(H,18,19)/t14-,16+/m1/s1. The van der Waals surface area contributed by atoms with Crippen LogP contribution >= 0.6 is 0 Å². The summed E-state index contributed by atoms with van der Waals surface area (Å²) in [6.07, 6.45) is 0.590. The van der Waals surface area contributed by atoms with Crippen LogP contribution in [0.25, 0.3) is 0 Å². The molecule has 3 heterocycles. The number of morpholine rings is 1. The number of nitrogens with one attached hydrogen (secondary N) is 1. The number of aromatic nitrogens is 2. The zero-order valence-corrected chi connectivity index (χ0v) is 14.6. The molecule has 2 saturated heterocycles. The van der Waals surface area contributed by atoms with Crippen molar-refractivity contribution < 1.29 is 9.84 Å². The molecule has 2 aliphatic rings. The van der Waals surface area contributed by atoms with E-state index in [0.29, 0.717) is 0 Å². The van der Waals surface area contributed by atoms with E-state index in [1.807, 2.05) is 6.92 Å². The van der Waals surface area contributed by atoms with Crippen molar-refractivity contribution in [2.45, 2.75) is 38.8 Å². The number of likely N-dealkylation sites (tertiary alicyclic amines) is 1. The van der Waals surface area contributed by atoms with Gasteiger partial charge in [-0.15, -0.1) is 0 Å². The summed E-state index contributed by atoms with van der Waals surface area (Å²) in [4.78, 5) is 4.91. The van der Waals surface area contributed by atoms with Crippen molar-refractivity contribution in [3.05, 3.63) is 17.5 Å². The SMILES string of the molecule is Cc1cc(C[C@@H]2CN(CC(C)(C)N3CCOCC3)C[C@@H]2O)n[nH]1. The molecule has 130 valence electrons. The summed E-state index contributed by atoms with van der Waals surface area (Å²) in [5, 5.41) is 17.7. The molecule has 6 nitrogen and oxygen atoms in total. The van der Waals surface area contributed by atoms with Gasteiger partial charge in [-0.3, -0.25) is 14.9 Å². The maximum absolute atomic E-state index is 10.4. The molecule has 2 atom stereocenters. The number of nitrogens with zero attached hydrogens (tertiary/aromatic N) is 3. The number of aliphatic hydroxyl groups excluding tert-OH is 1. The van der Waals surface area contributed by atoms with Gasteiger partial charge in [0.25, 0.3) is 0 Å². The molecule has 0 bridgehead atoms. The van der Waals surface area contributed by atoms with Crippen LogP contribution in [0.1, 0.15) is 25.2 Å². The number of aryl methyl sites for hydroxylation is 1. The highest BCUT2D eigenvalue weighted by Crippen LogP contribution is 2.25. The molecule has 23 heavy (non-hydrogen) atoms. The minimum absolute atomic E-state index is 0.112. The Kier molecular flexibility index (Phi) is 5.06. The summed E-state index contributed by atoms with van der Waals surface area (Å²) in [7, 11) is 0. The molecule has 2 aliphatic heterocycles. The van der Waals surface area contributed by atoms with Gasteiger partial charge in [0, 0.05) is 49.9 Å². The molecular formula is C17H30N4O2. The van der Waals surface area contributed by atoms with E-state index in [9.17, 15) is 5.11 Å². The van der Waals surface area contributed by atoms with Crippen LogP contribution in [-0.2, 0) is 11.2 Å². The Labute approximate surface area is 138 Å². The molecule has 2 fully saturated rings. The Bertz CT molecular complexity index is 510. The molecule has 0 aromatic carbocycles. The van der Waals surface area contributed by atoms with Crippen molar-refractivity contribution in [2.75, 3.05) is 45.9 Å². The van der Waals surface area contributed by atoms with Gasteiger partial charge in [0.2, 0.25) is 0 Å². The van der Waals surface area contributed by atoms with Crippen LogP contribution in [0.4, 0.5) is 0 Å². The number of aliphatic hydroxyl groups is 1. The largest absolute Gasteiger partial charge is 0.391 e. The average molecular weight is 322 g/mol. The van der Waals surface area contributed by atoms with E-state index >= 15 is 0 Å². The monoisotopic (exact) mass is 322 g/mol. The van der Waals surface area contributed by atoms with Crippen LogP contribution in [0.5, 0.6) is 0 Å². The van der Waals surface area contributed by atoms with Crippen molar-refractivity contribution >= 4 is 0 Å². The van der Waals surface area contributed by atoms with Crippen LogP contribution in [0.3, 0.4) is 0 Å². The molecule has 2 N–H and O–H groups in total. The van der Waals surface area contributed by atoms with Crippen LogP contribution in [0.15, 0.2) is 6.07 Å². The first kappa shape index (κ1) is 16.9. The van der Waals surface area contributed by atoms with Gasteiger partial charge in [-0.1, -0.05) is 0 Å². The fourth-order valence-electron chi connectivity index (χ4n) is 3.93. The normalized spacial score (nSPS) is 27.7. The predicted molar refractivity (Wildman–Crippen MR) is 89.4 cm³/mol. The Morgan fingerprint density at radius 2 is 2.09 bits per heavy atom. The molecule has 0 spiro atoms. The number of H-pyrrole nitrogens is 1. The fourth-order valence-corrected chi connectivity index (χ4v) is 3.93. The number of ether oxygens (including phenoxy) is 1. The topological polar surface area (TPSA) is 64.6 Å². The number of hydrogen-bond donors (Lipinski definition) is 2. The Morgan fingerprint density at radius 1 is 1.35 bits per heavy atom. The molecule has 0 saturated carbocycles. The average Bonchev–Trinajstić information content (AvgIpc) is 3.06. The summed E-state index contributed by atoms with van der Waals surface area (Å²) in [5.74, 6) is 0.276. The van der Waals surface area contributed by atoms with Crippen LogP contribution in [0.2, 0.25) is 0 Å². The van der Waals surface area contributed by atoms with Gasteiger partial charge >= 0.3 is 0 Å². The molecule has 3 rings (SSSR count). The molecule has 0 amide bonds. The zero-order valence-electron chi connectivity index (χ0n) is 14.6. The fraction of sp³-hybridized carbons (Fsp3) is 0.824. The minimum atomic E-state index is -0.257. The van der Waals surface area contributed by atoms with E-state index in [2.05, 4.69) is 39.9 Å². The van der Waals surface area contributed by atoms with Gasteiger partial charge in [0.15, 0.2) is 0 Å². The van der Waals surface area contributed by atoms with Crippen molar-refractivity contribution in [1.29, 1.82) is 0 Å². The third-order valence-corrected chi connectivity index (χ3v) is 5.19. The summed E-state index contributed by atoms with van der Waals surface area (Å²) in [5.41, 5.74) is 2.25. The van der Waals surface area contributed by atoms with Gasteiger partial charge in [-0.25, -0.2) is 0 Å². The second kappa shape index (κ2) is 6.89. The molecule has 6 heteroatoms. The lowest BCUT2D eigenvalue weighted by molar-refractivity contribution is -0.0205. The van der Waals surface area contributed by atoms with Crippen molar-refractivity contribution in [2.24, 2.45) is 5.92 Å². The number of aromatic amines is 1. The van der Waals surface area contributed by atoms with E-state index in [1.165, 1.54) is 0 Å². The van der Waals surface area contributed by atoms with Crippen molar-refractivity contribution in [1.82, 2.24) is 20.0 Å². The molecule has 1 aromatic heterocycles. The number of β-amino-alcohol motifs (C(OH)–C–C–N with tert-alkyl or cyclic N) is 1. The second-order valence-corrected chi connectivity index (χ2v) is 7.68. The molecule has 1 aromatic rings. The first-order chi connectivity index (χ1) is 10.9. The Balaban J connectivity index is 1.55. The van der Waals surface area contributed by atoms with E-state index in [4.69, 9.17) is 4.74 Å². The van der Waals surface area contributed by atoms with E-state index in [1.54, 1.807) is 0 Å². The summed E-state index contributed by atoms with van der Waals surface area (Å²) >= 11 is 0.